The molecule has 2 saturated heterocycles. The normalized spacial score (nSPS) is 27.2. The number of rotatable bonds is 5. The van der Waals surface area contributed by atoms with E-state index in [1.54, 1.807) is 4.31 Å². The molecule has 0 aromatic heterocycles. The monoisotopic (exact) mass is 372 g/mol. The molecule has 0 N–H and O–H groups in total. The Kier molecular flexibility index (Phi) is 5.47. The molecule has 0 bridgehead atoms. The number of carbonyl (C=O) groups excluding carboxylic acids is 1. The zero-order chi connectivity index (χ0) is 18.2. The summed E-state index contributed by atoms with van der Waals surface area (Å²) in [4.78, 5) is 14.2. The molecule has 1 saturated carbocycles. The molecule has 1 unspecified atom stereocenters. The van der Waals surface area contributed by atoms with Crippen molar-refractivity contribution in [2.45, 2.75) is 76.5 Å². The second-order valence-electron chi connectivity index (χ2n) is 8.48. The Morgan fingerprint density at radius 1 is 1.20 bits per heavy atom. The molecule has 1 spiro atoms. The van der Waals surface area contributed by atoms with Crippen LogP contribution in [-0.2, 0) is 19.6 Å². The zero-order valence-corrected chi connectivity index (χ0v) is 16.6. The van der Waals surface area contributed by atoms with Crippen molar-refractivity contribution < 1.29 is 17.9 Å². The molecule has 0 radical (unpaired) electrons. The highest BCUT2D eigenvalue weighted by molar-refractivity contribution is 7.88. The van der Waals surface area contributed by atoms with Crippen LogP contribution < -0.4 is 0 Å². The first kappa shape index (κ1) is 19.1. The summed E-state index contributed by atoms with van der Waals surface area (Å²) in [7, 11) is -3.18. The molecule has 3 rings (SSSR count). The van der Waals surface area contributed by atoms with Crippen LogP contribution in [0, 0.1) is 5.92 Å². The average Bonchev–Trinajstić information content (AvgIpc) is 3.30. The predicted octanol–water partition coefficient (Wildman–Crippen LogP) is 2.00. The fourth-order valence-electron chi connectivity index (χ4n) is 4.38. The fraction of sp³-hybridized carbons (Fsp3) is 0.944. The third-order valence-electron chi connectivity index (χ3n) is 5.73. The van der Waals surface area contributed by atoms with Gasteiger partial charge in [-0.3, -0.25) is 4.79 Å². The number of amides is 1. The maximum absolute atomic E-state index is 12.3. The molecular formula is C18H32N2O4S. The minimum absolute atomic E-state index is 0.0502. The Bertz CT molecular complexity index is 592. The minimum Gasteiger partial charge on any atom is -0.375 e. The molecular weight excluding hydrogens is 340 g/mol. The van der Waals surface area contributed by atoms with Crippen molar-refractivity contribution in [3.8, 4) is 0 Å². The van der Waals surface area contributed by atoms with Crippen LogP contribution in [0.2, 0.25) is 0 Å². The zero-order valence-electron chi connectivity index (χ0n) is 15.7. The van der Waals surface area contributed by atoms with E-state index in [2.05, 4.69) is 13.8 Å². The molecule has 6 nitrogen and oxygen atoms in total. The minimum atomic E-state index is -3.18. The summed E-state index contributed by atoms with van der Waals surface area (Å²) in [6.45, 7) is 6.19. The molecule has 25 heavy (non-hydrogen) atoms. The standard InChI is InChI=1S/C18H32N2O4S/c1-14(2)12-17(21)19-9-7-18(8-10-19)13-16(6-11-24-18)20(15-4-5-15)25(3,22)23/h14-16H,4-13H2,1-3H3. The van der Waals surface area contributed by atoms with E-state index in [0.29, 0.717) is 18.9 Å². The van der Waals surface area contributed by atoms with Crippen molar-refractivity contribution in [2.24, 2.45) is 5.92 Å². The first-order valence-corrected chi connectivity index (χ1v) is 11.5. The third-order valence-corrected chi connectivity index (χ3v) is 7.09. The summed E-state index contributed by atoms with van der Waals surface area (Å²) in [5, 5.41) is 0. The molecule has 3 aliphatic rings. The number of likely N-dealkylation sites (tertiary alicyclic amines) is 1. The van der Waals surface area contributed by atoms with Gasteiger partial charge in [-0.05, 0) is 44.4 Å². The lowest BCUT2D eigenvalue weighted by Crippen LogP contribution is -2.55. The molecule has 0 aromatic rings. The smallest absolute Gasteiger partial charge is 0.222 e. The van der Waals surface area contributed by atoms with Gasteiger partial charge in [-0.2, -0.15) is 4.31 Å². The van der Waals surface area contributed by atoms with Crippen LogP contribution in [0.25, 0.3) is 0 Å². The number of nitrogens with zero attached hydrogens (tertiary/aromatic N) is 2. The molecule has 1 amide bonds. The first-order chi connectivity index (χ1) is 11.7. The van der Waals surface area contributed by atoms with E-state index in [-0.39, 0.29) is 23.6 Å². The van der Waals surface area contributed by atoms with Gasteiger partial charge in [0.1, 0.15) is 0 Å². The Morgan fingerprint density at radius 3 is 2.36 bits per heavy atom. The van der Waals surface area contributed by atoms with Gasteiger partial charge >= 0.3 is 0 Å². The van der Waals surface area contributed by atoms with Crippen molar-refractivity contribution in [2.75, 3.05) is 26.0 Å². The molecule has 2 heterocycles. The van der Waals surface area contributed by atoms with Crippen LogP contribution in [0.4, 0.5) is 0 Å². The summed E-state index contributed by atoms with van der Waals surface area (Å²) in [5.41, 5.74) is -0.255. The second-order valence-corrected chi connectivity index (χ2v) is 10.4. The molecule has 1 aliphatic carbocycles. The van der Waals surface area contributed by atoms with E-state index in [1.165, 1.54) is 6.26 Å². The number of ether oxygens (including phenoxy) is 1. The molecule has 0 aromatic carbocycles. The number of sulfonamides is 1. The van der Waals surface area contributed by atoms with Crippen LogP contribution in [-0.4, -0.2) is 67.2 Å². The second kappa shape index (κ2) is 7.16. The van der Waals surface area contributed by atoms with Gasteiger partial charge in [-0.25, -0.2) is 8.42 Å². The van der Waals surface area contributed by atoms with Gasteiger partial charge in [0.15, 0.2) is 0 Å². The summed E-state index contributed by atoms with van der Waals surface area (Å²) in [6, 6.07) is 0.247. The Morgan fingerprint density at radius 2 is 1.84 bits per heavy atom. The van der Waals surface area contributed by atoms with Crippen molar-refractivity contribution in [3.63, 3.8) is 0 Å². The van der Waals surface area contributed by atoms with Crippen molar-refractivity contribution in [1.29, 1.82) is 0 Å². The van der Waals surface area contributed by atoms with Crippen LogP contribution in [0.1, 0.15) is 58.8 Å². The van der Waals surface area contributed by atoms with Crippen LogP contribution in [0.15, 0.2) is 0 Å². The Balaban J connectivity index is 1.63. The van der Waals surface area contributed by atoms with Crippen molar-refractivity contribution >= 4 is 15.9 Å². The highest BCUT2D eigenvalue weighted by Gasteiger charge is 2.47. The van der Waals surface area contributed by atoms with Gasteiger partial charge in [0.05, 0.1) is 11.9 Å². The first-order valence-electron chi connectivity index (χ1n) is 9.60. The third kappa shape index (κ3) is 4.55. The highest BCUT2D eigenvalue weighted by Crippen LogP contribution is 2.41. The van der Waals surface area contributed by atoms with Crippen molar-refractivity contribution in [3.05, 3.63) is 0 Å². The summed E-state index contributed by atoms with van der Waals surface area (Å²) < 4.78 is 32.4. The average molecular weight is 373 g/mol. The molecule has 1 atom stereocenters. The lowest BCUT2D eigenvalue weighted by Gasteiger charge is -2.48. The van der Waals surface area contributed by atoms with E-state index >= 15 is 0 Å². The molecule has 2 aliphatic heterocycles. The van der Waals surface area contributed by atoms with Gasteiger partial charge in [0, 0.05) is 38.2 Å². The highest BCUT2D eigenvalue weighted by atomic mass is 32.2. The Labute approximate surface area is 151 Å². The van der Waals surface area contributed by atoms with E-state index in [1.807, 2.05) is 4.90 Å². The van der Waals surface area contributed by atoms with E-state index < -0.39 is 10.0 Å². The van der Waals surface area contributed by atoms with Gasteiger partial charge in [0.2, 0.25) is 15.9 Å². The Hall–Kier alpha value is -0.660. The molecule has 7 heteroatoms. The number of hydrogen-bond donors (Lipinski definition) is 0. The van der Waals surface area contributed by atoms with Gasteiger partial charge in [0.25, 0.3) is 0 Å². The van der Waals surface area contributed by atoms with E-state index in [0.717, 1.165) is 51.6 Å². The molecule has 144 valence electrons. The van der Waals surface area contributed by atoms with E-state index in [4.69, 9.17) is 4.74 Å². The maximum atomic E-state index is 12.3. The van der Waals surface area contributed by atoms with Crippen molar-refractivity contribution in [1.82, 2.24) is 9.21 Å². The fourth-order valence-corrected chi connectivity index (χ4v) is 5.85. The number of hydrogen-bond acceptors (Lipinski definition) is 4. The predicted molar refractivity (Wildman–Crippen MR) is 96.7 cm³/mol. The number of carbonyl (C=O) groups is 1. The largest absolute Gasteiger partial charge is 0.375 e. The summed E-state index contributed by atoms with van der Waals surface area (Å²) >= 11 is 0. The van der Waals surface area contributed by atoms with Gasteiger partial charge in [-0.1, -0.05) is 13.8 Å². The summed E-state index contributed by atoms with van der Waals surface area (Å²) in [5.74, 6) is 0.605. The lowest BCUT2D eigenvalue weighted by atomic mass is 9.82. The SMILES string of the molecule is CC(C)CC(=O)N1CCC2(CC1)CC(N(C1CC1)S(C)(=O)=O)CCO2. The van der Waals surface area contributed by atoms with Crippen LogP contribution in [0.5, 0.6) is 0 Å². The van der Waals surface area contributed by atoms with Crippen LogP contribution in [0.3, 0.4) is 0 Å². The number of piperidine rings is 1. The van der Waals surface area contributed by atoms with Gasteiger partial charge < -0.3 is 9.64 Å². The summed E-state index contributed by atoms with van der Waals surface area (Å²) in [6.07, 6.45) is 7.07. The quantitative estimate of drug-likeness (QED) is 0.740. The lowest BCUT2D eigenvalue weighted by molar-refractivity contribution is -0.147. The van der Waals surface area contributed by atoms with Crippen LogP contribution >= 0.6 is 0 Å². The topological polar surface area (TPSA) is 66.9 Å². The van der Waals surface area contributed by atoms with Gasteiger partial charge in [-0.15, -0.1) is 0 Å². The van der Waals surface area contributed by atoms with E-state index in [9.17, 15) is 13.2 Å². The maximum Gasteiger partial charge on any atom is 0.222 e. The molecule has 3 fully saturated rings.